The van der Waals surface area contributed by atoms with E-state index in [0.717, 1.165) is 12.8 Å². The van der Waals surface area contributed by atoms with Crippen LogP contribution in [0.3, 0.4) is 0 Å². The van der Waals surface area contributed by atoms with Crippen molar-refractivity contribution in [2.45, 2.75) is 37.6 Å². The van der Waals surface area contributed by atoms with Gasteiger partial charge < -0.3 is 0 Å². The maximum atomic E-state index is 12.6. The van der Waals surface area contributed by atoms with Gasteiger partial charge in [0.05, 0.1) is 5.02 Å². The van der Waals surface area contributed by atoms with E-state index in [0.29, 0.717) is 6.54 Å². The Morgan fingerprint density at radius 1 is 1.50 bits per heavy atom. The first-order valence-electron chi connectivity index (χ1n) is 6.04. The molecule has 0 amide bonds. The topological polar surface area (TPSA) is 50.3 Å². The molecule has 0 aromatic carbocycles. The third-order valence-electron chi connectivity index (χ3n) is 2.82. The van der Waals surface area contributed by atoms with E-state index in [1.807, 2.05) is 13.8 Å². The van der Waals surface area contributed by atoms with Gasteiger partial charge in [-0.2, -0.15) is 4.31 Å². The van der Waals surface area contributed by atoms with E-state index in [4.69, 9.17) is 11.6 Å². The zero-order valence-electron chi connectivity index (χ0n) is 10.5. The summed E-state index contributed by atoms with van der Waals surface area (Å²) in [4.78, 5) is 3.97. The average Bonchev–Trinajstić information content (AvgIpc) is 3.09. The molecule has 1 fully saturated rings. The molecule has 1 saturated carbocycles. The highest BCUT2D eigenvalue weighted by molar-refractivity contribution is 7.89. The maximum absolute atomic E-state index is 12.6. The number of aromatic nitrogens is 1. The first-order valence-corrected chi connectivity index (χ1v) is 7.86. The minimum atomic E-state index is -3.52. The third-order valence-corrected chi connectivity index (χ3v) is 5.21. The van der Waals surface area contributed by atoms with Crippen LogP contribution in [0.15, 0.2) is 23.4 Å². The summed E-state index contributed by atoms with van der Waals surface area (Å²) in [6.07, 6.45) is 4.69. The van der Waals surface area contributed by atoms with E-state index < -0.39 is 10.0 Å². The number of rotatable bonds is 5. The number of halogens is 1. The Morgan fingerprint density at radius 3 is 2.67 bits per heavy atom. The Balaban J connectivity index is 2.36. The molecule has 0 saturated heterocycles. The van der Waals surface area contributed by atoms with Gasteiger partial charge >= 0.3 is 0 Å². The number of nitrogens with zero attached hydrogens (tertiary/aromatic N) is 2. The van der Waals surface area contributed by atoms with Crippen LogP contribution in [0.5, 0.6) is 0 Å². The molecule has 1 aromatic rings. The van der Waals surface area contributed by atoms with Gasteiger partial charge in [-0.05, 0) is 24.8 Å². The maximum Gasteiger partial charge on any atom is 0.246 e. The van der Waals surface area contributed by atoms with Gasteiger partial charge in [0, 0.05) is 25.0 Å². The smallest absolute Gasteiger partial charge is 0.246 e. The molecule has 0 unspecified atom stereocenters. The standard InChI is InChI=1S/C12H17ClN2O2S/c1-9(2)8-15(10-3-4-10)18(16,17)12-7-14-6-5-11(12)13/h5-7,9-10H,3-4,8H2,1-2H3. The van der Waals surface area contributed by atoms with Crippen molar-refractivity contribution in [2.24, 2.45) is 5.92 Å². The highest BCUT2D eigenvalue weighted by Crippen LogP contribution is 2.34. The molecule has 6 heteroatoms. The Kier molecular flexibility index (Phi) is 3.94. The summed E-state index contributed by atoms with van der Waals surface area (Å²) in [6, 6.07) is 1.64. The third kappa shape index (κ3) is 2.84. The lowest BCUT2D eigenvalue weighted by Crippen LogP contribution is -2.36. The fourth-order valence-electron chi connectivity index (χ4n) is 1.84. The minimum absolute atomic E-state index is 0.110. The Bertz CT molecular complexity index is 527. The van der Waals surface area contributed by atoms with Crippen LogP contribution in [0.2, 0.25) is 5.02 Å². The first-order chi connectivity index (χ1) is 8.43. The molecule has 0 bridgehead atoms. The fourth-order valence-corrected chi connectivity index (χ4v) is 4.10. The summed E-state index contributed by atoms with van der Waals surface area (Å²) < 4.78 is 26.7. The molecule has 0 spiro atoms. The van der Waals surface area contributed by atoms with Gasteiger partial charge in [0.1, 0.15) is 4.90 Å². The average molecular weight is 289 g/mol. The molecule has 1 aromatic heterocycles. The molecule has 0 aliphatic heterocycles. The molecule has 1 heterocycles. The van der Waals surface area contributed by atoms with Crippen molar-refractivity contribution in [1.29, 1.82) is 0 Å². The predicted octanol–water partition coefficient (Wildman–Crippen LogP) is 2.54. The first kappa shape index (κ1) is 13.8. The van der Waals surface area contributed by atoms with Crippen LogP contribution in [0.4, 0.5) is 0 Å². The number of pyridine rings is 1. The summed E-state index contributed by atoms with van der Waals surface area (Å²) in [5.41, 5.74) is 0. The van der Waals surface area contributed by atoms with Gasteiger partial charge in [-0.15, -0.1) is 0 Å². The van der Waals surface area contributed by atoms with Crippen molar-refractivity contribution in [2.75, 3.05) is 6.54 Å². The van der Waals surface area contributed by atoms with Crippen LogP contribution in [0.1, 0.15) is 26.7 Å². The SMILES string of the molecule is CC(C)CN(C1CC1)S(=O)(=O)c1cnccc1Cl. The van der Waals surface area contributed by atoms with Crippen LogP contribution in [-0.4, -0.2) is 30.3 Å². The van der Waals surface area contributed by atoms with Gasteiger partial charge in [-0.3, -0.25) is 4.98 Å². The molecule has 4 nitrogen and oxygen atoms in total. The van der Waals surface area contributed by atoms with Crippen LogP contribution in [0, 0.1) is 5.92 Å². The Hall–Kier alpha value is -0.650. The van der Waals surface area contributed by atoms with Gasteiger partial charge in [0.15, 0.2) is 0 Å². The molecule has 0 N–H and O–H groups in total. The number of sulfonamides is 1. The molecular weight excluding hydrogens is 272 g/mol. The molecule has 0 radical (unpaired) electrons. The lowest BCUT2D eigenvalue weighted by Gasteiger charge is -2.23. The monoisotopic (exact) mass is 288 g/mol. The van der Waals surface area contributed by atoms with Gasteiger partial charge in [0.2, 0.25) is 10.0 Å². The molecule has 0 atom stereocenters. The molecule has 100 valence electrons. The summed E-state index contributed by atoms with van der Waals surface area (Å²) >= 11 is 5.97. The van der Waals surface area contributed by atoms with Crippen LogP contribution < -0.4 is 0 Å². The van der Waals surface area contributed by atoms with Crippen LogP contribution in [0.25, 0.3) is 0 Å². The zero-order valence-corrected chi connectivity index (χ0v) is 12.1. The number of hydrogen-bond acceptors (Lipinski definition) is 3. The van der Waals surface area contributed by atoms with Crippen molar-refractivity contribution >= 4 is 21.6 Å². The Morgan fingerprint density at radius 2 is 2.17 bits per heavy atom. The molecule has 18 heavy (non-hydrogen) atoms. The van der Waals surface area contributed by atoms with E-state index >= 15 is 0 Å². The summed E-state index contributed by atoms with van der Waals surface area (Å²) in [5.74, 6) is 0.288. The van der Waals surface area contributed by atoms with Crippen molar-refractivity contribution in [3.05, 3.63) is 23.5 Å². The van der Waals surface area contributed by atoms with E-state index in [-0.39, 0.29) is 21.9 Å². The second kappa shape index (κ2) is 5.15. The van der Waals surface area contributed by atoms with Crippen molar-refractivity contribution in [3.63, 3.8) is 0 Å². The van der Waals surface area contributed by atoms with Gasteiger partial charge in [-0.1, -0.05) is 25.4 Å². The van der Waals surface area contributed by atoms with Gasteiger partial charge in [-0.25, -0.2) is 8.42 Å². The van der Waals surface area contributed by atoms with Crippen LogP contribution >= 0.6 is 11.6 Å². The van der Waals surface area contributed by atoms with Crippen molar-refractivity contribution < 1.29 is 8.42 Å². The lowest BCUT2D eigenvalue weighted by molar-refractivity contribution is 0.360. The molecule has 1 aliphatic carbocycles. The second-order valence-electron chi connectivity index (χ2n) is 5.01. The number of hydrogen-bond donors (Lipinski definition) is 0. The normalized spacial score (nSPS) is 16.5. The minimum Gasteiger partial charge on any atom is -0.263 e. The van der Waals surface area contributed by atoms with Crippen molar-refractivity contribution in [3.8, 4) is 0 Å². The fraction of sp³-hybridized carbons (Fsp3) is 0.583. The van der Waals surface area contributed by atoms with Gasteiger partial charge in [0.25, 0.3) is 0 Å². The summed E-state index contributed by atoms with van der Waals surface area (Å²) in [6.45, 7) is 4.55. The molecule has 2 rings (SSSR count). The second-order valence-corrected chi connectivity index (χ2v) is 7.27. The predicted molar refractivity (Wildman–Crippen MR) is 71.0 cm³/mol. The largest absolute Gasteiger partial charge is 0.263 e. The van der Waals surface area contributed by atoms with E-state index in [1.165, 1.54) is 18.5 Å². The highest BCUT2D eigenvalue weighted by atomic mass is 35.5. The quantitative estimate of drug-likeness (QED) is 0.837. The van der Waals surface area contributed by atoms with Crippen molar-refractivity contribution in [1.82, 2.24) is 9.29 Å². The summed E-state index contributed by atoms with van der Waals surface area (Å²) in [7, 11) is -3.52. The van der Waals surface area contributed by atoms with Crippen LogP contribution in [-0.2, 0) is 10.0 Å². The highest BCUT2D eigenvalue weighted by Gasteiger charge is 2.39. The lowest BCUT2D eigenvalue weighted by atomic mass is 10.2. The zero-order chi connectivity index (χ0) is 13.3. The Labute approximate surface area is 113 Å². The van der Waals surface area contributed by atoms with E-state index in [2.05, 4.69) is 4.98 Å². The molecular formula is C12H17ClN2O2S. The van der Waals surface area contributed by atoms with E-state index in [9.17, 15) is 8.42 Å². The summed E-state index contributed by atoms with van der Waals surface area (Å²) in [5, 5.41) is 0.236. The van der Waals surface area contributed by atoms with E-state index in [1.54, 1.807) is 4.31 Å². The molecule has 1 aliphatic rings.